The molecule has 1 aromatic heterocycles. The summed E-state index contributed by atoms with van der Waals surface area (Å²) in [6.07, 6.45) is -1.04. The fourth-order valence-corrected chi connectivity index (χ4v) is 2.19. The summed E-state index contributed by atoms with van der Waals surface area (Å²) in [6, 6.07) is 0. The molecule has 1 heterocycles. The number of hydrogen-bond donors (Lipinski definition) is 1. The molecule has 0 saturated heterocycles. The van der Waals surface area contributed by atoms with Crippen molar-refractivity contribution >= 4 is 11.3 Å². The van der Waals surface area contributed by atoms with Gasteiger partial charge < -0.3 is 10.1 Å². The van der Waals surface area contributed by atoms with E-state index in [1.165, 1.54) is 11.3 Å². The summed E-state index contributed by atoms with van der Waals surface area (Å²) in [4.78, 5) is 0. The third-order valence-corrected chi connectivity index (χ3v) is 3.25. The average Bonchev–Trinajstić information content (AvgIpc) is 2.70. The van der Waals surface area contributed by atoms with Crippen molar-refractivity contribution in [3.8, 4) is 0 Å². The number of rotatable bonds is 8. The van der Waals surface area contributed by atoms with Crippen LogP contribution < -0.4 is 5.32 Å². The molecular weight excluding hydrogens is 272 g/mol. The van der Waals surface area contributed by atoms with E-state index in [4.69, 9.17) is 4.74 Å². The van der Waals surface area contributed by atoms with Gasteiger partial charge in [0, 0.05) is 24.9 Å². The highest BCUT2D eigenvalue weighted by atomic mass is 32.1. The maximum absolute atomic E-state index is 11.8. The second-order valence-electron chi connectivity index (χ2n) is 5.23. The second-order valence-corrected chi connectivity index (χ2v) is 6.38. The topological polar surface area (TPSA) is 47.0 Å². The van der Waals surface area contributed by atoms with Crippen LogP contribution in [0.4, 0.5) is 8.78 Å². The first kappa shape index (κ1) is 16.4. The Labute approximate surface area is 116 Å². The van der Waals surface area contributed by atoms with E-state index in [-0.39, 0.29) is 12.1 Å². The highest BCUT2D eigenvalue weighted by Gasteiger charge is 2.10. The summed E-state index contributed by atoms with van der Waals surface area (Å²) in [5.41, 5.74) is 0.0939. The van der Waals surface area contributed by atoms with Gasteiger partial charge in [-0.1, -0.05) is 0 Å². The smallest absolute Gasteiger partial charge is 0.261 e. The molecule has 0 spiro atoms. The van der Waals surface area contributed by atoms with E-state index in [1.807, 2.05) is 0 Å². The van der Waals surface area contributed by atoms with Crippen LogP contribution in [-0.4, -0.2) is 41.9 Å². The number of halogens is 2. The molecule has 110 valence electrons. The lowest BCUT2D eigenvalue weighted by atomic mass is 10.1. The maximum atomic E-state index is 11.8. The Bertz CT molecular complexity index is 366. The monoisotopic (exact) mass is 293 g/mol. The van der Waals surface area contributed by atoms with Crippen LogP contribution in [0.5, 0.6) is 0 Å². The van der Waals surface area contributed by atoms with Crippen molar-refractivity contribution in [3.05, 3.63) is 10.0 Å². The summed E-state index contributed by atoms with van der Waals surface area (Å²) in [7, 11) is 0. The van der Waals surface area contributed by atoms with E-state index in [0.717, 1.165) is 23.0 Å². The zero-order chi connectivity index (χ0) is 14.3. The summed E-state index contributed by atoms with van der Waals surface area (Å²) in [5.74, 6) is 0. The minimum atomic E-state index is -2.41. The fourth-order valence-electron chi connectivity index (χ4n) is 1.37. The zero-order valence-electron chi connectivity index (χ0n) is 11.6. The standard InChI is InChI=1S/C12H21F2N3OS/c1-12(2,3)15-6-4-10-16-17-11(19-10)5-7-18-8-9(13)14/h9,15H,4-8H2,1-3H3. The first-order valence-electron chi connectivity index (χ1n) is 6.29. The Morgan fingerprint density at radius 2 is 1.84 bits per heavy atom. The number of nitrogens with one attached hydrogen (secondary N) is 1. The molecule has 0 aliphatic heterocycles. The highest BCUT2D eigenvalue weighted by Crippen LogP contribution is 2.11. The van der Waals surface area contributed by atoms with Crippen LogP contribution in [0.2, 0.25) is 0 Å². The average molecular weight is 293 g/mol. The van der Waals surface area contributed by atoms with Gasteiger partial charge in [0.05, 0.1) is 6.61 Å². The maximum Gasteiger partial charge on any atom is 0.261 e. The van der Waals surface area contributed by atoms with Crippen molar-refractivity contribution in [3.63, 3.8) is 0 Å². The van der Waals surface area contributed by atoms with Crippen molar-refractivity contribution in [1.82, 2.24) is 15.5 Å². The van der Waals surface area contributed by atoms with Crippen LogP contribution in [0.15, 0.2) is 0 Å². The molecule has 0 unspecified atom stereocenters. The van der Waals surface area contributed by atoms with E-state index < -0.39 is 13.0 Å². The summed E-state index contributed by atoms with van der Waals surface area (Å²) < 4.78 is 28.5. The van der Waals surface area contributed by atoms with Gasteiger partial charge in [-0.25, -0.2) is 8.78 Å². The predicted molar refractivity (Wildman–Crippen MR) is 71.9 cm³/mol. The van der Waals surface area contributed by atoms with Gasteiger partial charge in [0.15, 0.2) is 0 Å². The van der Waals surface area contributed by atoms with Gasteiger partial charge in [-0.15, -0.1) is 21.5 Å². The summed E-state index contributed by atoms with van der Waals surface area (Å²) >= 11 is 1.51. The van der Waals surface area contributed by atoms with Crippen molar-refractivity contribution in [2.45, 2.75) is 45.6 Å². The Morgan fingerprint density at radius 1 is 1.21 bits per heavy atom. The molecule has 1 N–H and O–H groups in total. The number of alkyl halides is 2. The van der Waals surface area contributed by atoms with E-state index >= 15 is 0 Å². The van der Waals surface area contributed by atoms with Gasteiger partial charge in [0.2, 0.25) is 0 Å². The van der Waals surface area contributed by atoms with Crippen LogP contribution in [-0.2, 0) is 17.6 Å². The lowest BCUT2D eigenvalue weighted by Gasteiger charge is -2.19. The molecule has 0 radical (unpaired) electrons. The molecule has 19 heavy (non-hydrogen) atoms. The number of nitrogens with zero attached hydrogens (tertiary/aromatic N) is 2. The normalized spacial score (nSPS) is 12.3. The molecule has 0 bridgehead atoms. The van der Waals surface area contributed by atoms with Crippen molar-refractivity contribution in [1.29, 1.82) is 0 Å². The van der Waals surface area contributed by atoms with Crippen molar-refractivity contribution in [2.75, 3.05) is 19.8 Å². The molecule has 1 rings (SSSR count). The predicted octanol–water partition coefficient (Wildman–Crippen LogP) is 2.29. The minimum absolute atomic E-state index is 0.0939. The molecule has 0 aliphatic carbocycles. The minimum Gasteiger partial charge on any atom is -0.375 e. The fraction of sp³-hybridized carbons (Fsp3) is 0.833. The third kappa shape index (κ3) is 8.18. The van der Waals surface area contributed by atoms with Crippen LogP contribution >= 0.6 is 11.3 Å². The van der Waals surface area contributed by atoms with Gasteiger partial charge in [-0.2, -0.15) is 0 Å². The molecule has 0 amide bonds. The van der Waals surface area contributed by atoms with Gasteiger partial charge in [0.25, 0.3) is 6.43 Å². The Morgan fingerprint density at radius 3 is 2.42 bits per heavy atom. The van der Waals surface area contributed by atoms with E-state index in [1.54, 1.807) is 0 Å². The van der Waals surface area contributed by atoms with Crippen molar-refractivity contribution < 1.29 is 13.5 Å². The van der Waals surface area contributed by atoms with Gasteiger partial charge in [0.1, 0.15) is 16.6 Å². The molecule has 1 aromatic rings. The lowest BCUT2D eigenvalue weighted by molar-refractivity contribution is 0.0186. The SMILES string of the molecule is CC(C)(C)NCCc1nnc(CCOCC(F)F)s1. The van der Waals surface area contributed by atoms with Crippen LogP contribution in [0.3, 0.4) is 0 Å². The molecule has 0 aliphatic rings. The first-order valence-corrected chi connectivity index (χ1v) is 7.10. The number of hydrogen-bond acceptors (Lipinski definition) is 5. The summed E-state index contributed by atoms with van der Waals surface area (Å²) in [6.45, 7) is 6.93. The van der Waals surface area contributed by atoms with Crippen LogP contribution in [0, 0.1) is 0 Å². The Hall–Kier alpha value is -0.660. The molecular formula is C12H21F2N3OS. The quantitative estimate of drug-likeness (QED) is 0.747. The van der Waals surface area contributed by atoms with Gasteiger partial charge in [-0.05, 0) is 20.8 Å². The van der Waals surface area contributed by atoms with Crippen LogP contribution in [0.25, 0.3) is 0 Å². The highest BCUT2D eigenvalue weighted by molar-refractivity contribution is 7.11. The first-order chi connectivity index (χ1) is 8.87. The second kappa shape index (κ2) is 7.81. The Kier molecular flexibility index (Phi) is 6.74. The van der Waals surface area contributed by atoms with Crippen molar-refractivity contribution in [2.24, 2.45) is 0 Å². The van der Waals surface area contributed by atoms with Gasteiger partial charge >= 0.3 is 0 Å². The lowest BCUT2D eigenvalue weighted by Crippen LogP contribution is -2.37. The van der Waals surface area contributed by atoms with E-state index in [9.17, 15) is 8.78 Å². The summed E-state index contributed by atoms with van der Waals surface area (Å²) in [5, 5.41) is 13.3. The number of ether oxygens (including phenoxy) is 1. The molecule has 0 saturated carbocycles. The molecule has 4 nitrogen and oxygen atoms in total. The molecule has 7 heteroatoms. The van der Waals surface area contributed by atoms with E-state index in [2.05, 4.69) is 36.3 Å². The largest absolute Gasteiger partial charge is 0.375 e. The number of aromatic nitrogens is 2. The van der Waals surface area contributed by atoms with E-state index in [0.29, 0.717) is 6.42 Å². The van der Waals surface area contributed by atoms with Gasteiger partial charge in [-0.3, -0.25) is 0 Å². The zero-order valence-corrected chi connectivity index (χ0v) is 12.4. The molecule has 0 atom stereocenters. The van der Waals surface area contributed by atoms with Crippen LogP contribution in [0.1, 0.15) is 30.8 Å². The molecule has 0 fully saturated rings. The third-order valence-electron chi connectivity index (χ3n) is 2.21. The molecule has 0 aromatic carbocycles. The Balaban J connectivity index is 2.21.